The molecule has 11 N–H and O–H groups in total. The summed E-state index contributed by atoms with van der Waals surface area (Å²) in [5.41, 5.74) is 0. The molecule has 0 saturated heterocycles. The predicted molar refractivity (Wildman–Crippen MR) is 547 cm³/mol. The van der Waals surface area contributed by atoms with Crippen LogP contribution in [0.25, 0.3) is 0 Å². The zero-order valence-electron chi connectivity index (χ0n) is 85.1. The maximum Gasteiger partial charge on any atom is 0.303 e. The molecule has 0 aliphatic carbocycles. The smallest absolute Gasteiger partial charge is 0.303 e. The Morgan fingerprint density at radius 3 is 0.383 bits per heavy atom. The summed E-state index contributed by atoms with van der Waals surface area (Å²) in [5, 5.41) is 91.9. The minimum atomic E-state index is -1.10. The highest BCUT2D eigenvalue weighted by Gasteiger charge is 2.04. The largest absolute Gasteiger partial charge is 0.481 e. The summed E-state index contributed by atoms with van der Waals surface area (Å²) in [7, 11) is 0. The highest BCUT2D eigenvalue weighted by Crippen LogP contribution is 2.18. The van der Waals surface area contributed by atoms with Gasteiger partial charge in [-0.2, -0.15) is 0 Å². The van der Waals surface area contributed by atoms with Gasteiger partial charge in [0.1, 0.15) is 6.10 Å². The van der Waals surface area contributed by atoms with E-state index < -0.39 is 48.2 Å². The number of aliphatic hydroxyl groups excluding tert-OH is 4. The van der Waals surface area contributed by atoms with Crippen LogP contribution in [0.2, 0.25) is 0 Å². The Balaban J connectivity index is -0.000000218. The van der Waals surface area contributed by atoms with Gasteiger partial charge in [0.15, 0.2) is 6.29 Å². The lowest BCUT2D eigenvalue weighted by atomic mass is 10.1. The van der Waals surface area contributed by atoms with Crippen molar-refractivity contribution >= 4 is 35.8 Å². The van der Waals surface area contributed by atoms with Crippen LogP contribution < -0.4 is 0 Å². The Morgan fingerprint density at radius 1 is 0.172 bits per heavy atom. The first kappa shape index (κ1) is 139. The third kappa shape index (κ3) is 175. The first-order chi connectivity index (χ1) is 62.2. The molecule has 0 aliphatic rings. The van der Waals surface area contributed by atoms with Crippen LogP contribution in [-0.2, 0) is 28.8 Å². The van der Waals surface area contributed by atoms with E-state index in [2.05, 4.69) is 109 Å². The second-order valence-electron chi connectivity index (χ2n) is 35.6. The van der Waals surface area contributed by atoms with Gasteiger partial charge in [0.25, 0.3) is 0 Å². The SMILES string of the molecule is CCCCCCCC(=O)O.CCCCCCCCC=CCCCCCCCC(=O)O.CCCCCCCCC=CCCCCCCCC(=O)O.CCCCCCCCC=CCCCCCCCC(=O)O.CCCCCCCCC=CCCCCCCCC(=O)O.CCCCCCCCC=CCCCCCCCC(=O)O.CCCCCCCCCC(O)O.OCC(O)CO. The van der Waals surface area contributed by atoms with Crippen molar-refractivity contribution in [2.24, 2.45) is 0 Å². The molecule has 762 valence electrons. The van der Waals surface area contributed by atoms with Crippen LogP contribution in [0.5, 0.6) is 0 Å². The molecule has 0 unspecified atom stereocenters. The monoisotopic (exact) mass is 1820 g/mol. The van der Waals surface area contributed by atoms with Crippen molar-refractivity contribution in [2.75, 3.05) is 13.2 Å². The summed E-state index contributed by atoms with van der Waals surface area (Å²) in [6.45, 7) is 14.9. The zero-order valence-corrected chi connectivity index (χ0v) is 85.1. The predicted octanol–water partition coefficient (Wildman–Crippen LogP) is 33.7. The molecule has 0 aromatic rings. The van der Waals surface area contributed by atoms with Crippen molar-refractivity contribution in [3.8, 4) is 0 Å². The maximum atomic E-state index is 10.3. The van der Waals surface area contributed by atoms with E-state index in [9.17, 15) is 28.8 Å². The summed E-state index contributed by atoms with van der Waals surface area (Å²) < 4.78 is 0. The second kappa shape index (κ2) is 135. The van der Waals surface area contributed by atoms with Gasteiger partial charge in [0, 0.05) is 38.5 Å². The van der Waals surface area contributed by atoms with Crippen LogP contribution in [0.4, 0.5) is 0 Å². The first-order valence-electron chi connectivity index (χ1n) is 54.0. The van der Waals surface area contributed by atoms with Gasteiger partial charge < -0.3 is 56.2 Å². The molecule has 0 spiro atoms. The van der Waals surface area contributed by atoms with Gasteiger partial charge >= 0.3 is 35.8 Å². The molecule has 0 heterocycles. The first-order valence-corrected chi connectivity index (χ1v) is 54.0. The molecular formula is C111H216O17. The molecule has 0 bridgehead atoms. The van der Waals surface area contributed by atoms with E-state index in [0.29, 0.717) is 44.9 Å². The molecule has 17 heteroatoms. The lowest BCUT2D eigenvalue weighted by Gasteiger charge is -2.02. The molecule has 0 aromatic heterocycles. The molecule has 0 aliphatic heterocycles. The number of aliphatic carboxylic acids is 6. The number of hydrogen-bond acceptors (Lipinski definition) is 11. The van der Waals surface area contributed by atoms with E-state index in [1.165, 1.54) is 405 Å². The van der Waals surface area contributed by atoms with Crippen LogP contribution >= 0.6 is 0 Å². The second-order valence-corrected chi connectivity index (χ2v) is 35.6. The van der Waals surface area contributed by atoms with Crippen LogP contribution in [0.3, 0.4) is 0 Å². The number of carboxylic acids is 6. The lowest BCUT2D eigenvalue weighted by Crippen LogP contribution is -2.15. The van der Waals surface area contributed by atoms with Gasteiger partial charge in [-0.25, -0.2) is 0 Å². The van der Waals surface area contributed by atoms with Crippen LogP contribution in [0, 0.1) is 0 Å². The van der Waals surface area contributed by atoms with Crippen LogP contribution in [0.1, 0.15) is 588 Å². The van der Waals surface area contributed by atoms with Crippen molar-refractivity contribution in [1.29, 1.82) is 0 Å². The summed E-state index contributed by atoms with van der Waals surface area (Å²) in [6, 6.07) is 0. The number of hydrogen-bond donors (Lipinski definition) is 11. The summed E-state index contributed by atoms with van der Waals surface area (Å²) in [4.78, 5) is 61.7. The normalized spacial score (nSPS) is 11.0. The summed E-state index contributed by atoms with van der Waals surface area (Å²) >= 11 is 0. The molecule has 0 radical (unpaired) electrons. The van der Waals surface area contributed by atoms with E-state index in [4.69, 9.17) is 56.2 Å². The minimum Gasteiger partial charge on any atom is -0.481 e. The van der Waals surface area contributed by atoms with Gasteiger partial charge in [-0.1, -0.05) is 430 Å². The fraction of sp³-hybridized carbons (Fsp3) is 0.856. The molecule has 0 aromatic carbocycles. The van der Waals surface area contributed by atoms with E-state index in [-0.39, 0.29) is 13.2 Å². The fourth-order valence-electron chi connectivity index (χ4n) is 14.0. The summed E-state index contributed by atoms with van der Waals surface area (Å²) in [5.74, 6) is -3.99. The number of carbonyl (C=O) groups is 6. The lowest BCUT2D eigenvalue weighted by molar-refractivity contribution is -0.138. The third-order valence-corrected chi connectivity index (χ3v) is 22.2. The Labute approximate surface area is 790 Å². The van der Waals surface area contributed by atoms with Gasteiger partial charge in [0.05, 0.1) is 13.2 Å². The molecular weight excluding hydrogens is 1610 g/mol. The Kier molecular flexibility index (Phi) is 147. The molecule has 17 nitrogen and oxygen atoms in total. The van der Waals surface area contributed by atoms with Crippen molar-refractivity contribution in [1.82, 2.24) is 0 Å². The highest BCUT2D eigenvalue weighted by atomic mass is 16.5. The Hall–Kier alpha value is -4.68. The summed E-state index contributed by atoms with van der Waals surface area (Å²) in [6.07, 6.45) is 119. The minimum absolute atomic E-state index is 0.332. The van der Waals surface area contributed by atoms with Crippen molar-refractivity contribution in [2.45, 2.75) is 600 Å². The average Bonchev–Trinajstić information content (AvgIpc) is 1.07. The zero-order chi connectivity index (χ0) is 96.5. The van der Waals surface area contributed by atoms with Crippen LogP contribution in [0.15, 0.2) is 60.8 Å². The van der Waals surface area contributed by atoms with E-state index in [0.717, 1.165) is 89.9 Å². The number of allylic oxidation sites excluding steroid dienone is 10. The topological polar surface area (TPSA) is 325 Å². The number of rotatable bonds is 91. The van der Waals surface area contributed by atoms with E-state index >= 15 is 0 Å². The number of carboxylic acid groups (broad SMARTS) is 6. The Bertz CT molecular complexity index is 1950. The molecule has 0 rings (SSSR count). The van der Waals surface area contributed by atoms with Crippen molar-refractivity contribution < 1.29 is 84.9 Å². The molecule has 0 atom stereocenters. The Morgan fingerprint density at radius 2 is 0.281 bits per heavy atom. The van der Waals surface area contributed by atoms with E-state index in [1.54, 1.807) is 0 Å². The standard InChI is InChI=1S/5C18H34O2.C10H22O2.C8H16O2.C3H8O3/c5*1-2-3-4-5-6-7-8-9-10-11-12-13-14-15-16-17-18(19)20;1-2-3-4-5-6-7-8-9-10(11)12;1-2-3-4-5-6-7-8(9)10;4-1-3(6)2-5/h5*9-10H,2-8,11-17H2,1H3,(H,19,20);10-12H,2-9H2,1H3;2-7H2,1H3,(H,9,10);3-6H,1-2H2. The number of aliphatic hydroxyl groups is 5. The van der Waals surface area contributed by atoms with Crippen molar-refractivity contribution in [3.05, 3.63) is 60.8 Å². The van der Waals surface area contributed by atoms with Crippen LogP contribution in [-0.4, -0.2) is 118 Å². The van der Waals surface area contributed by atoms with Crippen molar-refractivity contribution in [3.63, 3.8) is 0 Å². The van der Waals surface area contributed by atoms with Gasteiger partial charge in [-0.05, 0) is 180 Å². The average molecular weight is 1820 g/mol. The maximum absolute atomic E-state index is 10.3. The number of unbranched alkanes of at least 4 members (excludes halogenated alkanes) is 65. The third-order valence-electron chi connectivity index (χ3n) is 22.2. The molecule has 128 heavy (non-hydrogen) atoms. The molecule has 0 amide bonds. The van der Waals surface area contributed by atoms with Gasteiger partial charge in [-0.15, -0.1) is 0 Å². The fourth-order valence-corrected chi connectivity index (χ4v) is 14.0. The van der Waals surface area contributed by atoms with Gasteiger partial charge in [-0.3, -0.25) is 28.8 Å². The molecule has 0 saturated carbocycles. The van der Waals surface area contributed by atoms with E-state index in [1.807, 2.05) is 0 Å². The van der Waals surface area contributed by atoms with Gasteiger partial charge in [0.2, 0.25) is 0 Å². The quantitative estimate of drug-likeness (QED) is 0.0153. The molecule has 0 fully saturated rings. The highest BCUT2D eigenvalue weighted by molar-refractivity contribution is 5.68.